The number of carbonyl (C=O) groups is 2. The minimum absolute atomic E-state index is 0.0157. The third kappa shape index (κ3) is 5.34. The van der Waals surface area contributed by atoms with Gasteiger partial charge in [-0.05, 0) is 57.4 Å². The van der Waals surface area contributed by atoms with E-state index in [1.807, 2.05) is 39.0 Å². The van der Waals surface area contributed by atoms with Gasteiger partial charge in [-0.3, -0.25) is 9.59 Å². The lowest BCUT2D eigenvalue weighted by Crippen LogP contribution is -2.40. The van der Waals surface area contributed by atoms with Crippen LogP contribution in [0.1, 0.15) is 37.3 Å². The van der Waals surface area contributed by atoms with E-state index in [-0.39, 0.29) is 17.8 Å². The molecule has 1 aromatic carbocycles. The predicted molar refractivity (Wildman–Crippen MR) is 95.0 cm³/mol. The van der Waals surface area contributed by atoms with Gasteiger partial charge in [-0.1, -0.05) is 12.1 Å². The summed E-state index contributed by atoms with van der Waals surface area (Å²) in [6.07, 6.45) is 2.29. The van der Waals surface area contributed by atoms with Crippen LogP contribution in [0.5, 0.6) is 0 Å². The Hall–Kier alpha value is -1.88. The van der Waals surface area contributed by atoms with E-state index in [2.05, 4.69) is 10.2 Å². The molecule has 24 heavy (non-hydrogen) atoms. The highest BCUT2D eigenvalue weighted by Gasteiger charge is 2.26. The third-order valence-electron chi connectivity index (χ3n) is 4.45. The van der Waals surface area contributed by atoms with Crippen LogP contribution in [0.2, 0.25) is 0 Å². The number of hydrogen-bond acceptors (Lipinski definition) is 4. The summed E-state index contributed by atoms with van der Waals surface area (Å²) in [4.78, 5) is 26.3. The van der Waals surface area contributed by atoms with E-state index in [1.54, 1.807) is 0 Å². The molecule has 0 saturated carbocycles. The zero-order valence-corrected chi connectivity index (χ0v) is 14.9. The molecular weight excluding hydrogens is 304 g/mol. The summed E-state index contributed by atoms with van der Waals surface area (Å²) in [5.74, 6) is -0.148. The minimum Gasteiger partial charge on any atom is -0.466 e. The number of piperidine rings is 1. The Morgan fingerprint density at radius 3 is 2.88 bits per heavy atom. The van der Waals surface area contributed by atoms with Gasteiger partial charge in [-0.15, -0.1) is 0 Å². The molecule has 132 valence electrons. The molecular formula is C19H28N2O3. The number of carbonyl (C=O) groups excluding carboxylic acids is 2. The van der Waals surface area contributed by atoms with Crippen LogP contribution in [-0.4, -0.2) is 43.0 Å². The van der Waals surface area contributed by atoms with E-state index in [9.17, 15) is 9.59 Å². The molecule has 1 amide bonds. The zero-order valence-electron chi connectivity index (χ0n) is 14.9. The van der Waals surface area contributed by atoms with Gasteiger partial charge in [0.05, 0.1) is 12.5 Å². The maximum absolute atomic E-state index is 12.2. The summed E-state index contributed by atoms with van der Waals surface area (Å²) in [6, 6.07) is 6.04. The highest BCUT2D eigenvalue weighted by atomic mass is 16.5. The fourth-order valence-electron chi connectivity index (χ4n) is 3.05. The Kier molecular flexibility index (Phi) is 6.79. The molecule has 0 aromatic heterocycles. The third-order valence-corrected chi connectivity index (χ3v) is 4.45. The number of anilines is 1. The Bertz CT molecular complexity index is 586. The van der Waals surface area contributed by atoms with Gasteiger partial charge in [-0.2, -0.15) is 0 Å². The first-order valence-electron chi connectivity index (χ1n) is 8.75. The molecule has 1 saturated heterocycles. The van der Waals surface area contributed by atoms with Crippen LogP contribution in [0.25, 0.3) is 0 Å². The molecule has 0 bridgehead atoms. The van der Waals surface area contributed by atoms with Crippen LogP contribution >= 0.6 is 0 Å². The van der Waals surface area contributed by atoms with Gasteiger partial charge >= 0.3 is 5.97 Å². The summed E-state index contributed by atoms with van der Waals surface area (Å²) >= 11 is 0. The van der Waals surface area contributed by atoms with Crippen LogP contribution < -0.4 is 5.32 Å². The number of benzene rings is 1. The standard InChI is InChI=1S/C19H28N2O3/c1-4-24-19(23)16-6-5-10-21(13-16)11-9-18(22)20-17-12-14(2)7-8-15(17)3/h7-8,12,16H,4-6,9-11,13H2,1-3H3,(H,20,22)/t16-/m0/s1. The fraction of sp³-hybridized carbons (Fsp3) is 0.579. The van der Waals surface area contributed by atoms with Crippen molar-refractivity contribution in [2.45, 2.75) is 40.0 Å². The normalized spacial score (nSPS) is 18.2. The number of aryl methyl sites for hydroxylation is 2. The smallest absolute Gasteiger partial charge is 0.310 e. The van der Waals surface area contributed by atoms with Crippen molar-refractivity contribution < 1.29 is 14.3 Å². The summed E-state index contributed by atoms with van der Waals surface area (Å²) in [5.41, 5.74) is 3.07. The van der Waals surface area contributed by atoms with Gasteiger partial charge in [-0.25, -0.2) is 0 Å². The SMILES string of the molecule is CCOC(=O)[C@H]1CCCN(CCC(=O)Nc2cc(C)ccc2C)C1. The van der Waals surface area contributed by atoms with E-state index in [4.69, 9.17) is 4.74 Å². The molecule has 1 fully saturated rings. The molecule has 1 aliphatic rings. The van der Waals surface area contributed by atoms with Gasteiger partial charge in [0.2, 0.25) is 5.91 Å². The Labute approximate surface area is 144 Å². The monoisotopic (exact) mass is 332 g/mol. The summed E-state index contributed by atoms with van der Waals surface area (Å²) < 4.78 is 5.11. The maximum atomic E-state index is 12.2. The predicted octanol–water partition coefficient (Wildman–Crippen LogP) is 2.91. The van der Waals surface area contributed by atoms with Crippen molar-refractivity contribution in [1.82, 2.24) is 4.90 Å². The van der Waals surface area contributed by atoms with E-state index in [0.29, 0.717) is 26.1 Å². The lowest BCUT2D eigenvalue weighted by Gasteiger charge is -2.31. The molecule has 1 N–H and O–H groups in total. The summed E-state index contributed by atoms with van der Waals surface area (Å²) in [7, 11) is 0. The molecule has 5 nitrogen and oxygen atoms in total. The summed E-state index contributed by atoms with van der Waals surface area (Å²) in [5, 5.41) is 2.99. The van der Waals surface area contributed by atoms with Crippen LogP contribution in [0, 0.1) is 19.8 Å². The van der Waals surface area contributed by atoms with Crippen molar-refractivity contribution in [3.05, 3.63) is 29.3 Å². The van der Waals surface area contributed by atoms with Crippen LogP contribution in [0.15, 0.2) is 18.2 Å². The second-order valence-electron chi connectivity index (χ2n) is 6.51. The molecule has 1 aliphatic heterocycles. The number of amides is 1. The fourth-order valence-corrected chi connectivity index (χ4v) is 3.05. The van der Waals surface area contributed by atoms with Gasteiger partial charge in [0.15, 0.2) is 0 Å². The number of nitrogens with zero attached hydrogens (tertiary/aromatic N) is 1. The van der Waals surface area contributed by atoms with Gasteiger partial charge < -0.3 is 15.0 Å². The average Bonchev–Trinajstić information content (AvgIpc) is 2.57. The molecule has 0 unspecified atom stereocenters. The maximum Gasteiger partial charge on any atom is 0.310 e. The Morgan fingerprint density at radius 1 is 1.33 bits per heavy atom. The molecule has 2 rings (SSSR count). The van der Waals surface area contributed by atoms with Crippen molar-refractivity contribution >= 4 is 17.6 Å². The van der Waals surface area contributed by atoms with Crippen molar-refractivity contribution in [2.75, 3.05) is 31.6 Å². The number of hydrogen-bond donors (Lipinski definition) is 1. The molecule has 0 aliphatic carbocycles. The zero-order chi connectivity index (χ0) is 17.5. The number of esters is 1. The van der Waals surface area contributed by atoms with Crippen LogP contribution in [0.3, 0.4) is 0 Å². The lowest BCUT2D eigenvalue weighted by molar-refractivity contribution is -0.149. The van der Waals surface area contributed by atoms with Crippen LogP contribution in [-0.2, 0) is 14.3 Å². The number of ether oxygens (including phenoxy) is 1. The second kappa shape index (κ2) is 8.83. The molecule has 5 heteroatoms. The minimum atomic E-state index is -0.109. The molecule has 0 radical (unpaired) electrons. The second-order valence-corrected chi connectivity index (χ2v) is 6.51. The van der Waals surface area contributed by atoms with Crippen molar-refractivity contribution in [2.24, 2.45) is 5.92 Å². The number of nitrogens with one attached hydrogen (secondary N) is 1. The topological polar surface area (TPSA) is 58.6 Å². The largest absolute Gasteiger partial charge is 0.466 e. The Morgan fingerprint density at radius 2 is 2.12 bits per heavy atom. The van der Waals surface area contributed by atoms with Crippen molar-refractivity contribution in [3.8, 4) is 0 Å². The molecule has 0 spiro atoms. The van der Waals surface area contributed by atoms with Gasteiger partial charge in [0.1, 0.15) is 0 Å². The van der Waals surface area contributed by atoms with Crippen molar-refractivity contribution in [3.63, 3.8) is 0 Å². The molecule has 1 atom stereocenters. The van der Waals surface area contributed by atoms with E-state index >= 15 is 0 Å². The highest BCUT2D eigenvalue weighted by Crippen LogP contribution is 2.19. The van der Waals surface area contributed by atoms with E-state index < -0.39 is 0 Å². The Balaban J connectivity index is 1.81. The first-order valence-corrected chi connectivity index (χ1v) is 8.75. The summed E-state index contributed by atoms with van der Waals surface area (Å²) in [6.45, 7) is 8.56. The first kappa shape index (κ1) is 18.5. The van der Waals surface area contributed by atoms with Crippen molar-refractivity contribution in [1.29, 1.82) is 0 Å². The van der Waals surface area contributed by atoms with Gasteiger partial charge in [0.25, 0.3) is 0 Å². The molecule has 1 aromatic rings. The number of rotatable bonds is 6. The van der Waals surface area contributed by atoms with Gasteiger partial charge in [0, 0.05) is 25.2 Å². The van der Waals surface area contributed by atoms with Crippen LogP contribution in [0.4, 0.5) is 5.69 Å². The highest BCUT2D eigenvalue weighted by molar-refractivity contribution is 5.91. The number of likely N-dealkylation sites (tertiary alicyclic amines) is 1. The van der Waals surface area contributed by atoms with E-state index in [1.165, 1.54) is 0 Å². The quantitative estimate of drug-likeness (QED) is 0.814. The molecule has 1 heterocycles. The average molecular weight is 332 g/mol. The lowest BCUT2D eigenvalue weighted by atomic mass is 9.98. The van der Waals surface area contributed by atoms with E-state index in [0.717, 1.165) is 36.2 Å². The first-order chi connectivity index (χ1) is 11.5.